The molecule has 0 atom stereocenters. The molecule has 0 aliphatic rings. The highest BCUT2D eigenvalue weighted by molar-refractivity contribution is 5.91. The number of nitrogens with one attached hydrogen (secondary N) is 1. The minimum atomic E-state index is -0.524. The second kappa shape index (κ2) is 7.82. The number of rotatable bonds is 4. The minimum Gasteiger partial charge on any atom is -0.456 e. The van der Waals surface area contributed by atoms with Crippen molar-refractivity contribution in [2.24, 2.45) is 0 Å². The lowest BCUT2D eigenvalue weighted by Gasteiger charge is -2.19. The van der Waals surface area contributed by atoms with E-state index in [-0.39, 0.29) is 11.9 Å². The molecule has 0 heterocycles. The Kier molecular flexibility index (Phi) is 5.94. The molecule has 0 aliphatic heterocycles. The van der Waals surface area contributed by atoms with E-state index in [1.54, 1.807) is 48.5 Å². The van der Waals surface area contributed by atoms with Crippen LogP contribution >= 0.6 is 0 Å². The van der Waals surface area contributed by atoms with Gasteiger partial charge in [-0.05, 0) is 90.1 Å². The second-order valence-corrected chi connectivity index (χ2v) is 8.28. The van der Waals surface area contributed by atoms with Gasteiger partial charge in [-0.25, -0.2) is 9.59 Å². The fourth-order valence-corrected chi connectivity index (χ4v) is 2.22. The quantitative estimate of drug-likeness (QED) is 0.737. The molecule has 5 heteroatoms. The summed E-state index contributed by atoms with van der Waals surface area (Å²) in [6.07, 6.45) is 0. The van der Waals surface area contributed by atoms with Gasteiger partial charge >= 0.3 is 11.9 Å². The lowest BCUT2D eigenvalue weighted by molar-refractivity contribution is 0.00570. The van der Waals surface area contributed by atoms with Gasteiger partial charge in [0.2, 0.25) is 0 Å². The maximum atomic E-state index is 12.0. The van der Waals surface area contributed by atoms with Crippen LogP contribution in [0.25, 0.3) is 0 Å². The zero-order chi connectivity index (χ0) is 20.2. The Labute approximate surface area is 160 Å². The predicted octanol–water partition coefficient (Wildman–Crippen LogP) is 5.34. The third-order valence-corrected chi connectivity index (χ3v) is 3.33. The smallest absolute Gasteiger partial charge is 0.338 e. The Morgan fingerprint density at radius 3 is 1.19 bits per heavy atom. The van der Waals surface area contributed by atoms with E-state index in [0.29, 0.717) is 11.1 Å². The van der Waals surface area contributed by atoms with Crippen molar-refractivity contribution in [1.29, 1.82) is 0 Å². The molecule has 0 radical (unpaired) electrons. The Hall–Kier alpha value is -2.82. The fraction of sp³-hybridized carbons (Fsp3) is 0.364. The van der Waals surface area contributed by atoms with Crippen LogP contribution < -0.4 is 5.32 Å². The summed E-state index contributed by atoms with van der Waals surface area (Å²) >= 11 is 0. The fourth-order valence-electron chi connectivity index (χ4n) is 2.22. The Bertz CT molecular complexity index is 725. The van der Waals surface area contributed by atoms with Gasteiger partial charge in [0.1, 0.15) is 11.2 Å². The second-order valence-electron chi connectivity index (χ2n) is 8.28. The molecule has 0 aliphatic carbocycles. The predicted molar refractivity (Wildman–Crippen MR) is 107 cm³/mol. The van der Waals surface area contributed by atoms with Crippen molar-refractivity contribution in [2.45, 2.75) is 52.7 Å². The molecular weight excluding hydrogens is 342 g/mol. The zero-order valence-corrected chi connectivity index (χ0v) is 16.8. The third kappa shape index (κ3) is 6.77. The Balaban J connectivity index is 2.01. The molecule has 5 nitrogen and oxygen atoms in total. The average molecular weight is 369 g/mol. The van der Waals surface area contributed by atoms with E-state index in [2.05, 4.69) is 5.32 Å². The molecule has 2 rings (SSSR count). The Morgan fingerprint density at radius 1 is 0.630 bits per heavy atom. The van der Waals surface area contributed by atoms with E-state index in [4.69, 9.17) is 9.47 Å². The largest absolute Gasteiger partial charge is 0.456 e. The number of benzene rings is 2. The van der Waals surface area contributed by atoms with Gasteiger partial charge in [0, 0.05) is 11.4 Å². The van der Waals surface area contributed by atoms with Crippen LogP contribution in [0.4, 0.5) is 11.4 Å². The number of anilines is 2. The monoisotopic (exact) mass is 369 g/mol. The summed E-state index contributed by atoms with van der Waals surface area (Å²) in [6.45, 7) is 11.0. The number of hydrogen-bond donors (Lipinski definition) is 1. The van der Waals surface area contributed by atoms with Crippen LogP contribution in [0.1, 0.15) is 62.3 Å². The summed E-state index contributed by atoms with van der Waals surface area (Å²) in [5.74, 6) is -0.702. The third-order valence-electron chi connectivity index (χ3n) is 3.33. The van der Waals surface area contributed by atoms with Crippen LogP contribution in [-0.4, -0.2) is 23.1 Å². The highest BCUT2D eigenvalue weighted by Gasteiger charge is 2.18. The number of esters is 2. The number of ether oxygens (including phenoxy) is 2. The molecule has 0 saturated carbocycles. The lowest BCUT2D eigenvalue weighted by Crippen LogP contribution is -2.23. The molecule has 1 N–H and O–H groups in total. The first-order chi connectivity index (χ1) is 12.4. The van der Waals surface area contributed by atoms with Crippen molar-refractivity contribution >= 4 is 23.3 Å². The van der Waals surface area contributed by atoms with Gasteiger partial charge < -0.3 is 14.8 Å². The molecule has 27 heavy (non-hydrogen) atoms. The summed E-state index contributed by atoms with van der Waals surface area (Å²) in [5, 5.41) is 3.23. The zero-order valence-electron chi connectivity index (χ0n) is 16.8. The number of hydrogen-bond acceptors (Lipinski definition) is 5. The SMILES string of the molecule is CC(C)(C)OC(=O)c1ccc(Nc2ccc(C(=O)OC(C)(C)C)cc2)cc1. The molecule has 0 spiro atoms. The van der Waals surface area contributed by atoms with Crippen LogP contribution in [0.2, 0.25) is 0 Å². The standard InChI is InChI=1S/C22H27NO4/c1-21(2,3)26-19(24)15-7-11-17(12-8-15)23-18-13-9-16(10-14-18)20(25)27-22(4,5)6/h7-14,23H,1-6H3. The average Bonchev–Trinajstić information content (AvgIpc) is 2.53. The van der Waals surface area contributed by atoms with E-state index in [9.17, 15) is 9.59 Å². The van der Waals surface area contributed by atoms with Crippen molar-refractivity contribution in [3.63, 3.8) is 0 Å². The number of carbonyl (C=O) groups excluding carboxylic acids is 2. The summed E-state index contributed by atoms with van der Waals surface area (Å²) in [4.78, 5) is 24.1. The van der Waals surface area contributed by atoms with Crippen LogP contribution in [0, 0.1) is 0 Å². The first-order valence-corrected chi connectivity index (χ1v) is 8.87. The van der Waals surface area contributed by atoms with Crippen molar-refractivity contribution in [3.05, 3.63) is 59.7 Å². The van der Waals surface area contributed by atoms with Crippen LogP contribution in [-0.2, 0) is 9.47 Å². The normalized spacial score (nSPS) is 11.6. The van der Waals surface area contributed by atoms with Crippen LogP contribution in [0.15, 0.2) is 48.5 Å². The van der Waals surface area contributed by atoms with Gasteiger partial charge in [-0.3, -0.25) is 0 Å². The molecule has 144 valence electrons. The van der Waals surface area contributed by atoms with E-state index in [0.717, 1.165) is 11.4 Å². The number of carbonyl (C=O) groups is 2. The molecule has 0 saturated heterocycles. The minimum absolute atomic E-state index is 0.351. The van der Waals surface area contributed by atoms with Gasteiger partial charge in [0.05, 0.1) is 11.1 Å². The van der Waals surface area contributed by atoms with Crippen molar-refractivity contribution in [1.82, 2.24) is 0 Å². The van der Waals surface area contributed by atoms with E-state index in [1.165, 1.54) is 0 Å². The van der Waals surface area contributed by atoms with Gasteiger partial charge in [-0.1, -0.05) is 0 Å². The molecule has 0 bridgehead atoms. The molecular formula is C22H27NO4. The lowest BCUT2D eigenvalue weighted by atomic mass is 10.1. The van der Waals surface area contributed by atoms with Crippen molar-refractivity contribution in [2.75, 3.05) is 5.32 Å². The first-order valence-electron chi connectivity index (χ1n) is 8.87. The highest BCUT2D eigenvalue weighted by atomic mass is 16.6. The van der Waals surface area contributed by atoms with Gasteiger partial charge in [0.25, 0.3) is 0 Å². The van der Waals surface area contributed by atoms with Crippen LogP contribution in [0.5, 0.6) is 0 Å². The summed E-state index contributed by atoms with van der Waals surface area (Å²) < 4.78 is 10.7. The molecule has 2 aromatic carbocycles. The van der Waals surface area contributed by atoms with Crippen LogP contribution in [0.3, 0.4) is 0 Å². The molecule has 0 fully saturated rings. The van der Waals surface area contributed by atoms with Gasteiger partial charge in [-0.15, -0.1) is 0 Å². The molecule has 0 amide bonds. The molecule has 2 aromatic rings. The molecule has 0 aromatic heterocycles. The highest BCUT2D eigenvalue weighted by Crippen LogP contribution is 2.20. The van der Waals surface area contributed by atoms with E-state index >= 15 is 0 Å². The summed E-state index contributed by atoms with van der Waals surface area (Å²) in [5.41, 5.74) is 1.60. The van der Waals surface area contributed by atoms with E-state index in [1.807, 2.05) is 41.5 Å². The maximum Gasteiger partial charge on any atom is 0.338 e. The van der Waals surface area contributed by atoms with Crippen molar-refractivity contribution < 1.29 is 19.1 Å². The van der Waals surface area contributed by atoms with Gasteiger partial charge in [-0.2, -0.15) is 0 Å². The Morgan fingerprint density at radius 2 is 0.926 bits per heavy atom. The topological polar surface area (TPSA) is 64.6 Å². The van der Waals surface area contributed by atoms with Crippen molar-refractivity contribution in [3.8, 4) is 0 Å². The van der Waals surface area contributed by atoms with E-state index < -0.39 is 11.2 Å². The molecule has 0 unspecified atom stereocenters. The summed E-state index contributed by atoms with van der Waals surface area (Å²) in [7, 11) is 0. The summed E-state index contributed by atoms with van der Waals surface area (Å²) in [6, 6.07) is 14.1. The maximum absolute atomic E-state index is 12.0. The van der Waals surface area contributed by atoms with Gasteiger partial charge in [0.15, 0.2) is 0 Å². The first kappa shape index (κ1) is 20.5.